The first kappa shape index (κ1) is 12.3. The monoisotopic (exact) mass is 261 g/mol. The molecule has 0 aromatic heterocycles. The van der Waals surface area contributed by atoms with Crippen LogP contribution in [0.4, 0.5) is 0 Å². The molecule has 0 unspecified atom stereocenters. The predicted octanol–water partition coefficient (Wildman–Crippen LogP) is 3.30. The molecule has 86 valence electrons. The number of nitrogens with zero attached hydrogens (tertiary/aromatic N) is 1. The van der Waals surface area contributed by atoms with Gasteiger partial charge in [-0.05, 0) is 35.6 Å². The van der Waals surface area contributed by atoms with Gasteiger partial charge in [0.2, 0.25) is 0 Å². The SMILES string of the molecule is N#Cc1ccc(C2=C(C=O)SCCCS2)cc1. The number of rotatable bonds is 2. The van der Waals surface area contributed by atoms with E-state index in [-0.39, 0.29) is 0 Å². The third-order valence-electron chi connectivity index (χ3n) is 2.40. The summed E-state index contributed by atoms with van der Waals surface area (Å²) in [6.45, 7) is 0. The van der Waals surface area contributed by atoms with Crippen LogP contribution in [0.5, 0.6) is 0 Å². The highest BCUT2D eigenvalue weighted by molar-refractivity contribution is 8.11. The first-order valence-electron chi connectivity index (χ1n) is 5.30. The lowest BCUT2D eigenvalue weighted by molar-refractivity contribution is -0.104. The van der Waals surface area contributed by atoms with Crippen molar-refractivity contribution in [3.05, 3.63) is 40.3 Å². The number of thioether (sulfide) groups is 2. The van der Waals surface area contributed by atoms with Crippen molar-refractivity contribution in [1.82, 2.24) is 0 Å². The van der Waals surface area contributed by atoms with E-state index in [2.05, 4.69) is 6.07 Å². The van der Waals surface area contributed by atoms with Crippen molar-refractivity contribution in [2.24, 2.45) is 0 Å². The summed E-state index contributed by atoms with van der Waals surface area (Å²) >= 11 is 3.35. The number of carbonyl (C=O) groups excluding carboxylic acids is 1. The van der Waals surface area contributed by atoms with Crippen LogP contribution in [0, 0.1) is 11.3 Å². The van der Waals surface area contributed by atoms with Gasteiger partial charge >= 0.3 is 0 Å². The molecule has 0 aliphatic carbocycles. The molecular formula is C13H11NOS2. The highest BCUT2D eigenvalue weighted by Crippen LogP contribution is 2.38. The molecule has 0 saturated carbocycles. The van der Waals surface area contributed by atoms with E-state index in [4.69, 9.17) is 5.26 Å². The Bertz CT molecular complexity index is 485. The van der Waals surface area contributed by atoms with Crippen LogP contribution in [0.25, 0.3) is 4.91 Å². The molecule has 2 rings (SSSR count). The molecule has 2 nitrogen and oxygen atoms in total. The average molecular weight is 261 g/mol. The number of hydrogen-bond acceptors (Lipinski definition) is 4. The van der Waals surface area contributed by atoms with Crippen LogP contribution < -0.4 is 0 Å². The van der Waals surface area contributed by atoms with Crippen LogP contribution in [-0.4, -0.2) is 17.8 Å². The average Bonchev–Trinajstić information content (AvgIpc) is 2.64. The number of aldehydes is 1. The van der Waals surface area contributed by atoms with Crippen LogP contribution in [-0.2, 0) is 4.79 Å². The predicted molar refractivity (Wildman–Crippen MR) is 73.7 cm³/mol. The van der Waals surface area contributed by atoms with Gasteiger partial charge in [-0.15, -0.1) is 23.5 Å². The van der Waals surface area contributed by atoms with Crippen LogP contribution in [0.3, 0.4) is 0 Å². The van der Waals surface area contributed by atoms with E-state index in [0.29, 0.717) is 5.56 Å². The summed E-state index contributed by atoms with van der Waals surface area (Å²) in [6.07, 6.45) is 2.06. The Morgan fingerprint density at radius 3 is 2.53 bits per heavy atom. The van der Waals surface area contributed by atoms with Gasteiger partial charge in [0.15, 0.2) is 6.29 Å². The maximum atomic E-state index is 11.1. The number of nitriles is 1. The van der Waals surface area contributed by atoms with E-state index in [1.54, 1.807) is 35.7 Å². The lowest BCUT2D eigenvalue weighted by atomic mass is 10.1. The fraction of sp³-hybridized carbons (Fsp3) is 0.231. The van der Waals surface area contributed by atoms with E-state index >= 15 is 0 Å². The van der Waals surface area contributed by atoms with E-state index < -0.39 is 0 Å². The number of allylic oxidation sites excluding steroid dienone is 1. The fourth-order valence-electron chi connectivity index (χ4n) is 1.56. The zero-order chi connectivity index (χ0) is 12.1. The van der Waals surface area contributed by atoms with Crippen LogP contribution in [0.15, 0.2) is 29.2 Å². The van der Waals surface area contributed by atoms with E-state index in [1.165, 1.54) is 0 Å². The standard InChI is InChI=1S/C13H11NOS2/c14-8-10-2-4-11(5-3-10)13-12(9-15)16-6-1-7-17-13/h2-5,9H,1,6-7H2. The van der Waals surface area contributed by atoms with Gasteiger partial charge in [-0.3, -0.25) is 4.79 Å². The van der Waals surface area contributed by atoms with Gasteiger partial charge in [0.1, 0.15) is 0 Å². The van der Waals surface area contributed by atoms with E-state index in [1.807, 2.05) is 12.1 Å². The Labute approximate surface area is 109 Å². The minimum atomic E-state index is 0.647. The van der Waals surface area contributed by atoms with Crippen molar-refractivity contribution in [2.75, 3.05) is 11.5 Å². The molecule has 1 aliphatic rings. The molecule has 1 aromatic rings. The van der Waals surface area contributed by atoms with Crippen LogP contribution in [0.2, 0.25) is 0 Å². The highest BCUT2D eigenvalue weighted by atomic mass is 32.2. The Kier molecular flexibility index (Phi) is 4.29. The van der Waals surface area contributed by atoms with Crippen molar-refractivity contribution in [3.8, 4) is 6.07 Å². The summed E-state index contributed by atoms with van der Waals surface area (Å²) < 4.78 is 0. The minimum absolute atomic E-state index is 0.647. The van der Waals surface area contributed by atoms with Gasteiger partial charge in [0, 0.05) is 4.91 Å². The van der Waals surface area contributed by atoms with Gasteiger partial charge < -0.3 is 0 Å². The number of carbonyl (C=O) groups is 1. The van der Waals surface area contributed by atoms with Gasteiger partial charge in [-0.1, -0.05) is 12.1 Å². The maximum absolute atomic E-state index is 11.1. The lowest BCUT2D eigenvalue weighted by Gasteiger charge is -2.07. The Balaban J connectivity index is 2.38. The van der Waals surface area contributed by atoms with Gasteiger partial charge in [0.05, 0.1) is 16.5 Å². The molecule has 0 atom stereocenters. The lowest BCUT2D eigenvalue weighted by Crippen LogP contribution is -1.87. The summed E-state index contributed by atoms with van der Waals surface area (Å²) in [4.78, 5) is 12.9. The van der Waals surface area contributed by atoms with E-state index in [9.17, 15) is 4.79 Å². The van der Waals surface area contributed by atoms with Gasteiger partial charge in [-0.2, -0.15) is 5.26 Å². The third-order valence-corrected chi connectivity index (χ3v) is 4.87. The summed E-state index contributed by atoms with van der Waals surface area (Å²) in [7, 11) is 0. The van der Waals surface area contributed by atoms with Crippen molar-refractivity contribution in [2.45, 2.75) is 6.42 Å². The Hall–Kier alpha value is -1.18. The van der Waals surface area contributed by atoms with Gasteiger partial charge in [-0.25, -0.2) is 0 Å². The molecule has 4 heteroatoms. The molecule has 0 N–H and O–H groups in total. The van der Waals surface area contributed by atoms with E-state index in [0.717, 1.165) is 39.6 Å². The second kappa shape index (κ2) is 5.95. The maximum Gasteiger partial charge on any atom is 0.157 e. The topological polar surface area (TPSA) is 40.9 Å². The summed E-state index contributed by atoms with van der Waals surface area (Å²) in [5.41, 5.74) is 1.68. The molecule has 1 aliphatic heterocycles. The molecule has 0 amide bonds. The molecule has 1 aromatic carbocycles. The zero-order valence-electron chi connectivity index (χ0n) is 9.18. The molecule has 0 saturated heterocycles. The molecule has 0 fully saturated rings. The molecule has 0 radical (unpaired) electrons. The molecule has 17 heavy (non-hydrogen) atoms. The second-order valence-electron chi connectivity index (χ2n) is 3.55. The first-order valence-corrected chi connectivity index (χ1v) is 7.28. The Morgan fingerprint density at radius 2 is 1.88 bits per heavy atom. The van der Waals surface area contributed by atoms with Crippen LogP contribution in [0.1, 0.15) is 17.5 Å². The smallest absolute Gasteiger partial charge is 0.157 e. The van der Waals surface area contributed by atoms with Crippen molar-refractivity contribution in [1.29, 1.82) is 5.26 Å². The second-order valence-corrected chi connectivity index (χ2v) is 5.79. The molecule has 0 bridgehead atoms. The molecular weight excluding hydrogens is 250 g/mol. The minimum Gasteiger partial charge on any atom is -0.297 e. The normalized spacial score (nSPS) is 16.2. The number of benzene rings is 1. The Morgan fingerprint density at radius 1 is 1.18 bits per heavy atom. The third kappa shape index (κ3) is 2.93. The summed E-state index contributed by atoms with van der Waals surface area (Å²) in [6, 6.07) is 9.51. The van der Waals surface area contributed by atoms with Gasteiger partial charge in [0.25, 0.3) is 0 Å². The van der Waals surface area contributed by atoms with Crippen LogP contribution >= 0.6 is 23.5 Å². The molecule has 1 heterocycles. The van der Waals surface area contributed by atoms with Crippen molar-refractivity contribution >= 4 is 34.7 Å². The summed E-state index contributed by atoms with van der Waals surface area (Å²) in [5, 5.41) is 8.75. The molecule has 0 spiro atoms. The first-order chi connectivity index (χ1) is 8.35. The largest absolute Gasteiger partial charge is 0.297 e. The zero-order valence-corrected chi connectivity index (χ0v) is 10.8. The van der Waals surface area contributed by atoms with Crippen molar-refractivity contribution in [3.63, 3.8) is 0 Å². The fourth-order valence-corrected chi connectivity index (χ4v) is 3.91. The van der Waals surface area contributed by atoms with Crippen molar-refractivity contribution < 1.29 is 4.79 Å². The number of hydrogen-bond donors (Lipinski definition) is 0. The summed E-state index contributed by atoms with van der Waals surface area (Å²) in [5.74, 6) is 2.04. The quantitative estimate of drug-likeness (QED) is 0.766. The highest BCUT2D eigenvalue weighted by Gasteiger charge is 2.13.